The van der Waals surface area contributed by atoms with Crippen molar-refractivity contribution in [1.29, 1.82) is 0 Å². The van der Waals surface area contributed by atoms with E-state index >= 15 is 4.79 Å². The molecule has 47 heteroatoms. The van der Waals surface area contributed by atoms with Gasteiger partial charge in [0.15, 0.2) is 0 Å². The van der Waals surface area contributed by atoms with Crippen LogP contribution in [-0.4, -0.2) is 296 Å². The Labute approximate surface area is 680 Å². The molecule has 0 aromatic carbocycles. The third-order valence-electron chi connectivity index (χ3n) is 19.4. The first-order valence-corrected chi connectivity index (χ1v) is 42.9. The van der Waals surface area contributed by atoms with Crippen LogP contribution in [0.1, 0.15) is 131 Å². The lowest BCUT2D eigenvalue weighted by Gasteiger charge is -2.34. The molecule has 5 saturated heterocycles. The number of carbonyl (C=O) groups excluding carboxylic acids is 18. The molecule has 2 bridgehead atoms. The highest BCUT2D eigenvalue weighted by Crippen LogP contribution is 2.30. The normalized spacial score (nSPS) is 28.4. The minimum Gasteiger partial charge on any atom is -0.481 e. The minimum atomic E-state index is -1.98. The second kappa shape index (κ2) is 47.4. The lowest BCUT2D eigenvalue weighted by atomic mass is 9.96. The van der Waals surface area contributed by atoms with Gasteiger partial charge in [-0.3, -0.25) is 96.4 Å². The maximum absolute atomic E-state index is 15.1. The summed E-state index contributed by atoms with van der Waals surface area (Å²) in [6.45, 7) is 7.97. The van der Waals surface area contributed by atoms with Gasteiger partial charge in [-0.2, -0.15) is 0 Å². The van der Waals surface area contributed by atoms with E-state index in [1.807, 2.05) is 0 Å². The predicted molar refractivity (Wildman–Crippen MR) is 420 cm³/mol. The summed E-state index contributed by atoms with van der Waals surface area (Å²) in [5.41, 5.74) is 34.2. The number of hydrogen-bond acceptors (Lipinski definition) is 28. The number of nitrogens with one attached hydrogen (secondary N) is 13. The number of aliphatic hydroxyl groups is 1. The van der Waals surface area contributed by atoms with E-state index in [-0.39, 0.29) is 96.8 Å². The predicted octanol–water partition coefficient (Wildman–Crippen LogP) is -9.06. The number of carboxylic acids is 1. The molecule has 16 atom stereocenters. The lowest BCUT2D eigenvalue weighted by molar-refractivity contribution is -0.148. The molecular weight excluding hydrogens is 1590 g/mol. The van der Waals surface area contributed by atoms with Crippen molar-refractivity contribution >= 4 is 155 Å². The molecule has 0 spiro atoms. The van der Waals surface area contributed by atoms with Crippen LogP contribution in [0.15, 0.2) is 0 Å². The molecule has 18 amide bonds. The van der Waals surface area contributed by atoms with Gasteiger partial charge in [0.05, 0.1) is 32.4 Å². The molecule has 0 aromatic rings. The van der Waals surface area contributed by atoms with Crippen LogP contribution >= 0.6 is 43.2 Å². The number of rotatable bonds is 21. The monoisotopic (exact) mass is 1700 g/mol. The molecule has 115 heavy (non-hydrogen) atoms. The number of carbonyl (C=O) groups is 19. The second-order valence-corrected chi connectivity index (χ2v) is 34.5. The maximum atomic E-state index is 15.1. The molecule has 5 heterocycles. The van der Waals surface area contributed by atoms with Crippen molar-refractivity contribution in [2.24, 2.45) is 52.2 Å². The number of hydrogen-bond donors (Lipinski definition) is 21. The second-order valence-electron chi connectivity index (χ2n) is 29.4. The van der Waals surface area contributed by atoms with Gasteiger partial charge in [-0.1, -0.05) is 91.1 Å². The van der Waals surface area contributed by atoms with Gasteiger partial charge in [0.2, 0.25) is 106 Å². The van der Waals surface area contributed by atoms with E-state index in [2.05, 4.69) is 69.1 Å². The highest BCUT2D eigenvalue weighted by Gasteiger charge is 2.47. The molecule has 0 radical (unpaired) electrons. The molecule has 5 fully saturated rings. The molecule has 0 saturated carbocycles. The summed E-state index contributed by atoms with van der Waals surface area (Å²) in [4.78, 5) is 273. The summed E-state index contributed by atoms with van der Waals surface area (Å²) < 4.78 is 0. The summed E-state index contributed by atoms with van der Waals surface area (Å²) in [5, 5.41) is 53.6. The number of nitrogens with zero attached hydrogens (tertiary/aromatic N) is 3. The van der Waals surface area contributed by atoms with Crippen LogP contribution in [0.3, 0.4) is 0 Å². The summed E-state index contributed by atoms with van der Waals surface area (Å²) in [5.74, 6) is -23.9. The highest BCUT2D eigenvalue weighted by molar-refractivity contribution is 8.77. The van der Waals surface area contributed by atoms with Gasteiger partial charge in [0, 0.05) is 42.6 Å². The number of fused-ring (bicyclic) bond motifs is 11. The number of primary amides is 3. The Morgan fingerprint density at radius 1 is 0.478 bits per heavy atom. The Bertz CT molecular complexity index is 3540. The Balaban J connectivity index is 1.70. The van der Waals surface area contributed by atoms with Gasteiger partial charge in [0.1, 0.15) is 96.9 Å². The zero-order valence-corrected chi connectivity index (χ0v) is 68.3. The van der Waals surface area contributed by atoms with Crippen LogP contribution in [0.5, 0.6) is 0 Å². The van der Waals surface area contributed by atoms with Gasteiger partial charge >= 0.3 is 5.97 Å². The molecule has 5 rings (SSSR count). The van der Waals surface area contributed by atoms with E-state index in [0.29, 0.717) is 0 Å². The number of aliphatic carboxylic acids is 1. The van der Waals surface area contributed by atoms with Crippen LogP contribution in [0.2, 0.25) is 0 Å². The summed E-state index contributed by atoms with van der Waals surface area (Å²) in [7, 11) is 3.31. The van der Waals surface area contributed by atoms with Crippen LogP contribution < -0.4 is 104 Å². The highest BCUT2D eigenvalue weighted by atomic mass is 33.1. The van der Waals surface area contributed by atoms with Crippen LogP contribution in [-0.2, 0) is 91.1 Å². The average Bonchev–Trinajstić information content (AvgIpc) is 1.67. The van der Waals surface area contributed by atoms with Crippen molar-refractivity contribution in [1.82, 2.24) is 83.8 Å². The van der Waals surface area contributed by atoms with Crippen molar-refractivity contribution in [3.05, 3.63) is 0 Å². The van der Waals surface area contributed by atoms with Crippen LogP contribution in [0.4, 0.5) is 0 Å². The van der Waals surface area contributed by atoms with Gasteiger partial charge in [0.25, 0.3) is 0 Å². The standard InChI is InChI=1S/C68H112N22O21S4/c1-7-33(6)52-64(108)81-36(21-32(4)5)54(98)79-37(22-48(70)92)56(100)82-39(23-49(71)93)66(110)88-17-9-13-45(88)62(106)80-38(24-51(95)96)57(101)78-35(20-31(2)3)55(99)84-41(53(72)97)27-112-114-29-43-60(104)83-40(26-91)58(102)77-34(12-8-16-75-68(73)74)65(109)90-19-11-15-47(90)67(111)89-18-10-14-46(89)63(107)86-44(61(105)87-52)30-115-113-28-42(59(103)85-43)76-50(94)25-69/h31-47,52,68,75,91H,7-30,69,73-74H2,1-6H3,(H2,70,92)(H2,71,93)(H2,72,97)(H,76,94)(H,77,102)(H,78,101)(H,79,98)(H,80,106)(H,81,108)(H,82,100)(H,83,104)(H,84,99)(H,85,103)(H,86,107)(H,87,105)(H,95,96)/t33-,34-,35-,36-,37-,38-,39-,40-,41-,42-,43-,44-,45-,46-,47-,52-/m0/s1. The Kier molecular flexibility index (Phi) is 39.8. The third-order valence-corrected chi connectivity index (χ3v) is 24.2. The largest absolute Gasteiger partial charge is 0.481 e. The average molecular weight is 1700 g/mol. The molecule has 0 aromatic heterocycles. The number of nitrogens with two attached hydrogens (primary N) is 6. The topological polar surface area (TPSA) is 687 Å². The van der Waals surface area contributed by atoms with Gasteiger partial charge < -0.3 is 123 Å². The summed E-state index contributed by atoms with van der Waals surface area (Å²) in [6, 6.07) is -24.5. The maximum Gasteiger partial charge on any atom is 0.305 e. The molecule has 27 N–H and O–H groups in total. The van der Waals surface area contributed by atoms with E-state index < -0.39 is 282 Å². The van der Waals surface area contributed by atoms with Crippen molar-refractivity contribution in [2.75, 3.05) is 62.3 Å². The first-order chi connectivity index (χ1) is 54.3. The Morgan fingerprint density at radius 2 is 0.896 bits per heavy atom. The van der Waals surface area contributed by atoms with Crippen LogP contribution in [0.25, 0.3) is 0 Å². The van der Waals surface area contributed by atoms with Gasteiger partial charge in [-0.05, 0) is 88.5 Å². The molecule has 5 aliphatic rings. The van der Waals surface area contributed by atoms with Crippen molar-refractivity contribution < 1.29 is 101 Å². The Morgan fingerprint density at radius 3 is 1.42 bits per heavy atom. The zero-order chi connectivity index (χ0) is 85.7. The Hall–Kier alpha value is -8.87. The number of carboxylic acid groups (broad SMARTS) is 1. The minimum absolute atomic E-state index is 0.00852. The fourth-order valence-corrected chi connectivity index (χ4v) is 17.9. The van der Waals surface area contributed by atoms with Crippen molar-refractivity contribution in [2.45, 2.75) is 228 Å². The first kappa shape index (κ1) is 96.7. The van der Waals surface area contributed by atoms with E-state index in [1.54, 1.807) is 41.5 Å². The van der Waals surface area contributed by atoms with E-state index in [1.165, 1.54) is 9.80 Å². The first-order valence-electron chi connectivity index (χ1n) is 38.0. The SMILES string of the molecule is CC[C@H](C)[C@@H]1NC(=O)[C@@H]2CSSC[C@H](NC(=O)CN)C(=O)N[C@@H](CSSC[C@@H](C(N)=O)NC(=O)[C@H](CC(C)C)NC(=O)[C@H](CC(=O)O)NC(=O)[C@@H]3CCCN3C(=O)[C@H](CC(N)=O)NC(=O)[C@H](CC(N)=O)NC(=O)[C@H](CC(C)C)NC1=O)C(=O)N[C@@H](CO)C(=O)N[C@@H](CCCNC(N)N)C(=O)N1CCC[C@H]1C(=O)N1CCC[C@H]1C(=O)N2. The number of aliphatic hydroxyl groups excluding tert-OH is 1. The third kappa shape index (κ3) is 30.3. The molecule has 644 valence electrons. The van der Waals surface area contributed by atoms with Gasteiger partial charge in [-0.25, -0.2) is 0 Å². The van der Waals surface area contributed by atoms with Gasteiger partial charge in [-0.15, -0.1) is 0 Å². The fraction of sp³-hybridized carbons (Fsp3) is 0.721. The summed E-state index contributed by atoms with van der Waals surface area (Å²) >= 11 is 0. The van der Waals surface area contributed by atoms with Crippen molar-refractivity contribution in [3.63, 3.8) is 0 Å². The van der Waals surface area contributed by atoms with E-state index in [9.17, 15) is 96.5 Å². The summed E-state index contributed by atoms with van der Waals surface area (Å²) in [6.07, 6.45) is -3.56. The molecular formula is C68H112N22O21S4. The molecule has 43 nitrogen and oxygen atoms in total. The fourth-order valence-electron chi connectivity index (χ4n) is 13.2. The lowest BCUT2D eigenvalue weighted by Crippen LogP contribution is -2.62. The van der Waals surface area contributed by atoms with Crippen molar-refractivity contribution in [3.8, 4) is 0 Å². The quantitative estimate of drug-likeness (QED) is 0.0288. The number of amides is 18. The molecule has 0 aliphatic carbocycles. The van der Waals surface area contributed by atoms with Crippen LogP contribution in [0, 0.1) is 17.8 Å². The zero-order valence-electron chi connectivity index (χ0n) is 65.0. The van der Waals surface area contributed by atoms with E-state index in [0.717, 1.165) is 48.1 Å². The smallest absolute Gasteiger partial charge is 0.305 e. The van der Waals surface area contributed by atoms with E-state index in [4.69, 9.17) is 34.4 Å². The molecule has 0 unspecified atom stereocenters. The molecule has 5 aliphatic heterocycles.